The van der Waals surface area contributed by atoms with Gasteiger partial charge in [-0.15, -0.1) is 0 Å². The highest BCUT2D eigenvalue weighted by Crippen LogP contribution is 2.31. The van der Waals surface area contributed by atoms with Crippen molar-refractivity contribution in [1.82, 2.24) is 9.62 Å². The molecule has 1 aliphatic heterocycles. The van der Waals surface area contributed by atoms with Crippen molar-refractivity contribution in [3.8, 4) is 0 Å². The molecule has 1 N–H and O–H groups in total. The van der Waals surface area contributed by atoms with Gasteiger partial charge in [-0.25, -0.2) is 8.42 Å². The molecule has 2 rings (SSSR count). The summed E-state index contributed by atoms with van der Waals surface area (Å²) in [6.07, 6.45) is 0. The van der Waals surface area contributed by atoms with Crippen LogP contribution in [-0.2, 0) is 10.0 Å². The van der Waals surface area contributed by atoms with E-state index in [2.05, 4.69) is 21.2 Å². The van der Waals surface area contributed by atoms with Gasteiger partial charge in [-0.2, -0.15) is 4.31 Å². The topological polar surface area (TPSA) is 49.4 Å². The van der Waals surface area contributed by atoms with Gasteiger partial charge in [0.2, 0.25) is 10.0 Å². The predicted octanol–water partition coefficient (Wildman–Crippen LogP) is 2.08. The van der Waals surface area contributed by atoms with Crippen LogP contribution in [0.3, 0.4) is 0 Å². The van der Waals surface area contributed by atoms with Gasteiger partial charge >= 0.3 is 0 Å². The van der Waals surface area contributed by atoms with Crippen LogP contribution >= 0.6 is 27.5 Å². The summed E-state index contributed by atoms with van der Waals surface area (Å²) in [4.78, 5) is 0.226. The molecular weight excluding hydrogens is 340 g/mol. The van der Waals surface area contributed by atoms with Crippen LogP contribution in [0.2, 0.25) is 5.02 Å². The Labute approximate surface area is 120 Å². The second kappa shape index (κ2) is 5.46. The molecule has 4 nitrogen and oxygen atoms in total. The lowest BCUT2D eigenvalue weighted by atomic mass is 10.3. The molecule has 0 amide bonds. The van der Waals surface area contributed by atoms with Crippen LogP contribution in [0.4, 0.5) is 0 Å². The summed E-state index contributed by atoms with van der Waals surface area (Å²) < 4.78 is 26.9. The van der Waals surface area contributed by atoms with Crippen molar-refractivity contribution in [2.45, 2.75) is 17.9 Å². The molecule has 0 bridgehead atoms. The second-order valence-corrected chi connectivity index (χ2v) is 7.38. The standard InChI is InChI=1S/C11H14BrClN2O2S/c1-8-7-15(6-5-14-8)18(16,17)10-4-2-3-9(13)11(10)12/h2-4,8,14H,5-7H2,1H3. The predicted molar refractivity (Wildman–Crippen MR) is 75.4 cm³/mol. The van der Waals surface area contributed by atoms with Crippen LogP contribution in [0, 0.1) is 0 Å². The fourth-order valence-corrected chi connectivity index (χ4v) is 4.66. The third-order valence-corrected chi connectivity index (χ3v) is 6.43. The maximum absolute atomic E-state index is 12.5. The number of nitrogens with zero attached hydrogens (tertiary/aromatic N) is 1. The third kappa shape index (κ3) is 2.72. The zero-order chi connectivity index (χ0) is 13.3. The Balaban J connectivity index is 2.39. The molecule has 1 aromatic carbocycles. The van der Waals surface area contributed by atoms with Crippen molar-refractivity contribution in [3.63, 3.8) is 0 Å². The lowest BCUT2D eigenvalue weighted by Gasteiger charge is -2.31. The Morgan fingerprint density at radius 3 is 2.89 bits per heavy atom. The number of rotatable bonds is 2. The van der Waals surface area contributed by atoms with Gasteiger partial charge < -0.3 is 5.32 Å². The van der Waals surface area contributed by atoms with E-state index in [4.69, 9.17) is 11.6 Å². The summed E-state index contributed by atoms with van der Waals surface area (Å²) in [5, 5.41) is 3.62. The highest BCUT2D eigenvalue weighted by Gasteiger charge is 2.30. The Morgan fingerprint density at radius 1 is 1.50 bits per heavy atom. The smallest absolute Gasteiger partial charge is 0.244 e. The summed E-state index contributed by atoms with van der Waals surface area (Å²) in [7, 11) is -3.49. The minimum atomic E-state index is -3.49. The van der Waals surface area contributed by atoms with Crippen LogP contribution in [0.25, 0.3) is 0 Å². The Bertz CT molecular complexity index is 550. The number of hydrogen-bond acceptors (Lipinski definition) is 3. The van der Waals surface area contributed by atoms with Crippen molar-refractivity contribution in [3.05, 3.63) is 27.7 Å². The minimum absolute atomic E-state index is 0.159. The zero-order valence-electron chi connectivity index (χ0n) is 9.86. The monoisotopic (exact) mass is 352 g/mol. The molecule has 1 heterocycles. The van der Waals surface area contributed by atoms with E-state index in [-0.39, 0.29) is 10.9 Å². The molecule has 7 heteroatoms. The van der Waals surface area contributed by atoms with Gasteiger partial charge in [0.25, 0.3) is 0 Å². The molecule has 0 aromatic heterocycles. The Morgan fingerprint density at radius 2 is 2.22 bits per heavy atom. The molecule has 100 valence electrons. The molecule has 1 saturated heterocycles. The van der Waals surface area contributed by atoms with Crippen molar-refractivity contribution in [1.29, 1.82) is 0 Å². The summed E-state index contributed by atoms with van der Waals surface area (Å²) >= 11 is 9.19. The number of halogens is 2. The molecule has 1 unspecified atom stereocenters. The van der Waals surface area contributed by atoms with E-state index in [0.29, 0.717) is 29.1 Å². The first-order valence-electron chi connectivity index (χ1n) is 5.60. The van der Waals surface area contributed by atoms with Crippen molar-refractivity contribution >= 4 is 37.6 Å². The summed E-state index contributed by atoms with van der Waals surface area (Å²) in [6, 6.07) is 5.03. The van der Waals surface area contributed by atoms with Crippen LogP contribution in [-0.4, -0.2) is 38.4 Å². The average Bonchev–Trinajstić information content (AvgIpc) is 2.32. The van der Waals surface area contributed by atoms with Crippen LogP contribution in [0.5, 0.6) is 0 Å². The summed E-state index contributed by atoms with van der Waals surface area (Å²) in [6.45, 7) is 3.58. The highest BCUT2D eigenvalue weighted by molar-refractivity contribution is 9.10. The third-order valence-electron chi connectivity index (χ3n) is 2.87. The van der Waals surface area contributed by atoms with Crippen molar-refractivity contribution < 1.29 is 8.42 Å². The first-order valence-corrected chi connectivity index (χ1v) is 8.21. The van der Waals surface area contributed by atoms with E-state index in [9.17, 15) is 8.42 Å². The first kappa shape index (κ1) is 14.3. The van der Waals surface area contributed by atoms with E-state index in [1.807, 2.05) is 6.92 Å². The van der Waals surface area contributed by atoms with Gasteiger partial charge in [0.15, 0.2) is 0 Å². The molecule has 1 fully saturated rings. The molecule has 0 spiro atoms. The number of nitrogens with one attached hydrogen (secondary N) is 1. The van der Waals surface area contributed by atoms with E-state index in [0.717, 1.165) is 0 Å². The van der Waals surface area contributed by atoms with E-state index in [1.54, 1.807) is 18.2 Å². The van der Waals surface area contributed by atoms with Gasteiger partial charge in [0.05, 0.1) is 14.4 Å². The van der Waals surface area contributed by atoms with E-state index in [1.165, 1.54) is 4.31 Å². The van der Waals surface area contributed by atoms with Crippen LogP contribution in [0.15, 0.2) is 27.6 Å². The fraction of sp³-hybridized carbons (Fsp3) is 0.455. The molecular formula is C11H14BrClN2O2S. The van der Waals surface area contributed by atoms with Crippen LogP contribution < -0.4 is 5.32 Å². The fourth-order valence-electron chi connectivity index (χ4n) is 1.94. The number of hydrogen-bond donors (Lipinski definition) is 1. The van der Waals surface area contributed by atoms with Crippen molar-refractivity contribution in [2.75, 3.05) is 19.6 Å². The average molecular weight is 354 g/mol. The van der Waals surface area contributed by atoms with E-state index < -0.39 is 10.0 Å². The molecule has 18 heavy (non-hydrogen) atoms. The van der Waals surface area contributed by atoms with Gasteiger partial charge in [-0.05, 0) is 35.0 Å². The van der Waals surface area contributed by atoms with E-state index >= 15 is 0 Å². The quantitative estimate of drug-likeness (QED) is 0.885. The highest BCUT2D eigenvalue weighted by atomic mass is 79.9. The molecule has 0 aliphatic carbocycles. The zero-order valence-corrected chi connectivity index (χ0v) is 13.0. The molecule has 1 aliphatic rings. The number of piperazine rings is 1. The van der Waals surface area contributed by atoms with Gasteiger partial charge in [-0.1, -0.05) is 17.7 Å². The number of sulfonamides is 1. The SMILES string of the molecule is CC1CN(S(=O)(=O)c2cccc(Cl)c2Br)CCN1. The van der Waals surface area contributed by atoms with Gasteiger partial charge in [0.1, 0.15) is 0 Å². The normalized spacial score (nSPS) is 22.1. The summed E-state index contributed by atoms with van der Waals surface area (Å²) in [5.74, 6) is 0. The largest absolute Gasteiger partial charge is 0.312 e. The Hall–Kier alpha value is -0.140. The second-order valence-electron chi connectivity index (χ2n) is 4.27. The lowest BCUT2D eigenvalue weighted by Crippen LogP contribution is -2.51. The summed E-state index contributed by atoms with van der Waals surface area (Å²) in [5.41, 5.74) is 0. The minimum Gasteiger partial charge on any atom is -0.312 e. The molecule has 0 saturated carbocycles. The first-order chi connectivity index (χ1) is 8.43. The number of benzene rings is 1. The maximum Gasteiger partial charge on any atom is 0.244 e. The van der Waals surface area contributed by atoms with Crippen LogP contribution in [0.1, 0.15) is 6.92 Å². The van der Waals surface area contributed by atoms with Gasteiger partial charge in [0, 0.05) is 25.7 Å². The molecule has 1 aromatic rings. The van der Waals surface area contributed by atoms with Gasteiger partial charge in [-0.3, -0.25) is 0 Å². The molecule has 0 radical (unpaired) electrons. The Kier molecular flexibility index (Phi) is 4.33. The molecule has 1 atom stereocenters. The lowest BCUT2D eigenvalue weighted by molar-refractivity contribution is 0.310. The van der Waals surface area contributed by atoms with Crippen molar-refractivity contribution in [2.24, 2.45) is 0 Å². The maximum atomic E-state index is 12.5.